The second kappa shape index (κ2) is 5.63. The molecule has 1 atom stereocenters. The predicted octanol–water partition coefficient (Wildman–Crippen LogP) is 1.89. The molecule has 1 unspecified atom stereocenters. The molecule has 1 N–H and O–H groups in total. The molecule has 0 fully saturated rings. The van der Waals surface area contributed by atoms with Gasteiger partial charge in [-0.2, -0.15) is 0 Å². The van der Waals surface area contributed by atoms with Crippen molar-refractivity contribution in [3.05, 3.63) is 35.9 Å². The Labute approximate surface area is 99.1 Å². The second-order valence-corrected chi connectivity index (χ2v) is 5.82. The first-order chi connectivity index (χ1) is 7.03. The summed E-state index contributed by atoms with van der Waals surface area (Å²) >= 11 is 3.23. The van der Waals surface area contributed by atoms with Gasteiger partial charge in [0.15, 0.2) is 0 Å². The third-order valence-corrected chi connectivity index (χ3v) is 4.26. The van der Waals surface area contributed by atoms with Crippen molar-refractivity contribution >= 4 is 26.0 Å². The van der Waals surface area contributed by atoms with E-state index in [1.807, 2.05) is 25.1 Å². The summed E-state index contributed by atoms with van der Waals surface area (Å²) in [6.45, 7) is 1.82. The Bertz CT molecular complexity index is 391. The van der Waals surface area contributed by atoms with Crippen LogP contribution in [0.25, 0.3) is 0 Å². The molecule has 1 rings (SSSR count). The van der Waals surface area contributed by atoms with E-state index in [-0.39, 0.29) is 11.8 Å². The summed E-state index contributed by atoms with van der Waals surface area (Å²) in [6, 6.07) is 9.05. The zero-order valence-electron chi connectivity index (χ0n) is 8.48. The summed E-state index contributed by atoms with van der Waals surface area (Å²) in [7, 11) is -3.23. The molecule has 0 aliphatic heterocycles. The summed E-state index contributed by atoms with van der Waals surface area (Å²) in [4.78, 5) is 0. The SMILES string of the molecule is CC(CBr)NS(=O)(=O)Cc1ccccc1. The standard InChI is InChI=1S/C10H14BrNO2S/c1-9(7-11)12-15(13,14)8-10-5-3-2-4-6-10/h2-6,9,12H,7-8H2,1H3. The van der Waals surface area contributed by atoms with Crippen LogP contribution in [0, 0.1) is 0 Å². The Balaban J connectivity index is 2.65. The number of halogens is 1. The molecule has 0 saturated carbocycles. The van der Waals surface area contributed by atoms with E-state index in [0.717, 1.165) is 5.56 Å². The highest BCUT2D eigenvalue weighted by Crippen LogP contribution is 2.05. The van der Waals surface area contributed by atoms with Crippen molar-refractivity contribution in [3.8, 4) is 0 Å². The zero-order valence-corrected chi connectivity index (χ0v) is 10.9. The molecule has 0 heterocycles. The molecule has 15 heavy (non-hydrogen) atoms. The third-order valence-electron chi connectivity index (χ3n) is 1.81. The molecule has 3 nitrogen and oxygen atoms in total. The Kier molecular flexibility index (Phi) is 4.76. The molecular weight excluding hydrogens is 278 g/mol. The van der Waals surface area contributed by atoms with Crippen molar-refractivity contribution < 1.29 is 8.42 Å². The van der Waals surface area contributed by atoms with E-state index in [9.17, 15) is 8.42 Å². The van der Waals surface area contributed by atoms with Gasteiger partial charge in [-0.3, -0.25) is 0 Å². The Morgan fingerprint density at radius 1 is 1.33 bits per heavy atom. The lowest BCUT2D eigenvalue weighted by atomic mass is 10.2. The first-order valence-electron chi connectivity index (χ1n) is 4.63. The van der Waals surface area contributed by atoms with Crippen LogP contribution in [-0.4, -0.2) is 19.8 Å². The molecule has 0 amide bonds. The Morgan fingerprint density at radius 2 is 1.93 bits per heavy atom. The quantitative estimate of drug-likeness (QED) is 0.842. The fraction of sp³-hybridized carbons (Fsp3) is 0.400. The van der Waals surface area contributed by atoms with Crippen LogP contribution in [0.1, 0.15) is 12.5 Å². The van der Waals surface area contributed by atoms with E-state index in [1.54, 1.807) is 12.1 Å². The van der Waals surface area contributed by atoms with E-state index in [4.69, 9.17) is 0 Å². The van der Waals surface area contributed by atoms with Crippen molar-refractivity contribution in [2.75, 3.05) is 5.33 Å². The third kappa shape index (κ3) is 4.77. The van der Waals surface area contributed by atoms with Crippen LogP contribution in [0.15, 0.2) is 30.3 Å². The summed E-state index contributed by atoms with van der Waals surface area (Å²) in [5.74, 6) is 0.0329. The van der Waals surface area contributed by atoms with Gasteiger partial charge in [0, 0.05) is 11.4 Å². The van der Waals surface area contributed by atoms with Crippen molar-refractivity contribution in [3.63, 3.8) is 0 Å². The molecular formula is C10H14BrNO2S. The van der Waals surface area contributed by atoms with Crippen LogP contribution in [0.5, 0.6) is 0 Å². The van der Waals surface area contributed by atoms with Gasteiger partial charge >= 0.3 is 0 Å². The fourth-order valence-corrected chi connectivity index (χ4v) is 2.96. The van der Waals surface area contributed by atoms with Gasteiger partial charge < -0.3 is 0 Å². The number of benzene rings is 1. The molecule has 1 aromatic carbocycles. The van der Waals surface area contributed by atoms with Crippen molar-refractivity contribution in [1.82, 2.24) is 4.72 Å². The number of rotatable bonds is 5. The number of nitrogens with one attached hydrogen (secondary N) is 1. The average molecular weight is 292 g/mol. The lowest BCUT2D eigenvalue weighted by Crippen LogP contribution is -2.34. The Hall–Kier alpha value is -0.390. The summed E-state index contributed by atoms with van der Waals surface area (Å²) in [5.41, 5.74) is 0.798. The highest BCUT2D eigenvalue weighted by Gasteiger charge is 2.13. The van der Waals surface area contributed by atoms with Gasteiger partial charge in [-0.05, 0) is 12.5 Å². The van der Waals surface area contributed by atoms with Crippen LogP contribution in [0.2, 0.25) is 0 Å². The van der Waals surface area contributed by atoms with Gasteiger partial charge in [0.25, 0.3) is 0 Å². The summed E-state index contributed by atoms with van der Waals surface area (Å²) < 4.78 is 25.9. The Morgan fingerprint density at radius 3 is 2.47 bits per heavy atom. The van der Waals surface area contributed by atoms with Gasteiger partial charge in [0.05, 0.1) is 5.75 Å². The minimum absolute atomic E-state index is 0.0329. The van der Waals surface area contributed by atoms with E-state index in [2.05, 4.69) is 20.7 Å². The topological polar surface area (TPSA) is 46.2 Å². The second-order valence-electron chi connectivity index (χ2n) is 3.42. The van der Waals surface area contributed by atoms with Gasteiger partial charge in [0.2, 0.25) is 10.0 Å². The van der Waals surface area contributed by atoms with Crippen LogP contribution in [-0.2, 0) is 15.8 Å². The van der Waals surface area contributed by atoms with Crippen molar-refractivity contribution in [2.45, 2.75) is 18.7 Å². The van der Waals surface area contributed by atoms with Crippen molar-refractivity contribution in [2.24, 2.45) is 0 Å². The zero-order chi connectivity index (χ0) is 11.3. The fourth-order valence-electron chi connectivity index (χ4n) is 1.17. The van der Waals surface area contributed by atoms with Gasteiger partial charge in [-0.1, -0.05) is 46.3 Å². The molecule has 0 aliphatic carbocycles. The molecule has 5 heteroatoms. The van der Waals surface area contributed by atoms with Crippen molar-refractivity contribution in [1.29, 1.82) is 0 Å². The first kappa shape index (κ1) is 12.7. The number of sulfonamides is 1. The number of hydrogen-bond donors (Lipinski definition) is 1. The van der Waals surface area contributed by atoms with Crippen LogP contribution < -0.4 is 4.72 Å². The highest BCUT2D eigenvalue weighted by molar-refractivity contribution is 9.09. The molecule has 1 aromatic rings. The van der Waals surface area contributed by atoms with E-state index < -0.39 is 10.0 Å². The van der Waals surface area contributed by atoms with Crippen LogP contribution >= 0.6 is 15.9 Å². The lowest BCUT2D eigenvalue weighted by Gasteiger charge is -2.11. The van der Waals surface area contributed by atoms with E-state index in [0.29, 0.717) is 5.33 Å². The molecule has 0 aliphatic rings. The maximum Gasteiger partial charge on any atom is 0.216 e. The molecule has 0 aromatic heterocycles. The smallest absolute Gasteiger partial charge is 0.212 e. The molecule has 0 saturated heterocycles. The summed E-state index contributed by atoms with van der Waals surface area (Å²) in [6.07, 6.45) is 0. The lowest BCUT2D eigenvalue weighted by molar-refractivity contribution is 0.570. The van der Waals surface area contributed by atoms with Crippen LogP contribution in [0.4, 0.5) is 0 Å². The van der Waals surface area contributed by atoms with E-state index >= 15 is 0 Å². The minimum atomic E-state index is -3.23. The molecule has 0 spiro atoms. The van der Waals surface area contributed by atoms with Gasteiger partial charge in [0.1, 0.15) is 0 Å². The predicted molar refractivity (Wildman–Crippen MR) is 65.5 cm³/mol. The molecule has 0 radical (unpaired) electrons. The molecule has 84 valence electrons. The van der Waals surface area contributed by atoms with Gasteiger partial charge in [-0.15, -0.1) is 0 Å². The monoisotopic (exact) mass is 291 g/mol. The van der Waals surface area contributed by atoms with E-state index in [1.165, 1.54) is 0 Å². The van der Waals surface area contributed by atoms with Crippen LogP contribution in [0.3, 0.4) is 0 Å². The average Bonchev–Trinajstić information content (AvgIpc) is 2.17. The normalized spacial score (nSPS) is 13.7. The summed E-state index contributed by atoms with van der Waals surface area (Å²) in [5, 5.41) is 0.612. The minimum Gasteiger partial charge on any atom is -0.212 e. The number of alkyl halides is 1. The first-order valence-corrected chi connectivity index (χ1v) is 7.41. The number of hydrogen-bond acceptors (Lipinski definition) is 2. The highest BCUT2D eigenvalue weighted by atomic mass is 79.9. The largest absolute Gasteiger partial charge is 0.216 e. The maximum atomic E-state index is 11.6. The molecule has 0 bridgehead atoms. The maximum absolute atomic E-state index is 11.6. The van der Waals surface area contributed by atoms with Gasteiger partial charge in [-0.25, -0.2) is 13.1 Å².